The van der Waals surface area contributed by atoms with Crippen LogP contribution in [0.25, 0.3) is 0 Å². The molecule has 1 atom stereocenters. The van der Waals surface area contributed by atoms with E-state index in [-0.39, 0.29) is 6.29 Å². The molecule has 0 fully saturated rings. The second-order valence-corrected chi connectivity index (χ2v) is 4.44. The molecule has 1 heterocycles. The van der Waals surface area contributed by atoms with Crippen LogP contribution in [0, 0.1) is 0 Å². The molecule has 0 radical (unpaired) electrons. The molecule has 0 saturated carbocycles. The number of hydrogen-bond donors (Lipinski definition) is 3. The van der Waals surface area contributed by atoms with Crippen molar-refractivity contribution in [2.24, 2.45) is 5.73 Å². The SMILES string of the molecule is NC1Nc2ccccc2N1CCCCCCO. The van der Waals surface area contributed by atoms with Gasteiger partial charge < -0.3 is 15.3 Å². The number of benzene rings is 1. The first kappa shape index (κ1) is 12.2. The maximum atomic E-state index is 8.71. The van der Waals surface area contributed by atoms with Crippen molar-refractivity contribution in [3.63, 3.8) is 0 Å². The van der Waals surface area contributed by atoms with Gasteiger partial charge >= 0.3 is 0 Å². The second-order valence-electron chi connectivity index (χ2n) is 4.44. The molecule has 1 aliphatic rings. The second kappa shape index (κ2) is 5.89. The van der Waals surface area contributed by atoms with Crippen LogP contribution in [-0.4, -0.2) is 24.5 Å². The molecule has 0 bridgehead atoms. The Morgan fingerprint density at radius 1 is 1.18 bits per heavy atom. The number of aliphatic hydroxyl groups excluding tert-OH is 1. The summed E-state index contributed by atoms with van der Waals surface area (Å²) in [6.07, 6.45) is 4.15. The Labute approximate surface area is 102 Å². The van der Waals surface area contributed by atoms with Crippen LogP contribution in [-0.2, 0) is 0 Å². The lowest BCUT2D eigenvalue weighted by atomic mass is 10.2. The molecule has 1 aromatic rings. The molecule has 4 nitrogen and oxygen atoms in total. The van der Waals surface area contributed by atoms with Gasteiger partial charge in [-0.3, -0.25) is 5.73 Å². The van der Waals surface area contributed by atoms with Crippen molar-refractivity contribution in [3.8, 4) is 0 Å². The Balaban J connectivity index is 1.84. The highest BCUT2D eigenvalue weighted by Crippen LogP contribution is 2.32. The normalized spacial score (nSPS) is 18.0. The van der Waals surface area contributed by atoms with Gasteiger partial charge in [-0.1, -0.05) is 25.0 Å². The molecule has 1 unspecified atom stereocenters. The largest absolute Gasteiger partial charge is 0.396 e. The summed E-state index contributed by atoms with van der Waals surface area (Å²) in [7, 11) is 0. The van der Waals surface area contributed by atoms with Crippen LogP contribution < -0.4 is 16.0 Å². The van der Waals surface area contributed by atoms with Crippen molar-refractivity contribution >= 4 is 11.4 Å². The molecule has 0 amide bonds. The summed E-state index contributed by atoms with van der Waals surface area (Å²) < 4.78 is 0. The quantitative estimate of drug-likeness (QED) is 0.657. The third-order valence-corrected chi connectivity index (χ3v) is 3.16. The van der Waals surface area contributed by atoms with Crippen LogP contribution in [0.3, 0.4) is 0 Å². The minimum atomic E-state index is -0.106. The van der Waals surface area contributed by atoms with Crippen molar-refractivity contribution in [3.05, 3.63) is 24.3 Å². The van der Waals surface area contributed by atoms with Crippen molar-refractivity contribution in [2.45, 2.75) is 32.0 Å². The first-order chi connectivity index (χ1) is 8.33. The molecule has 1 aliphatic heterocycles. The van der Waals surface area contributed by atoms with E-state index in [1.165, 1.54) is 5.69 Å². The Morgan fingerprint density at radius 3 is 2.76 bits per heavy atom. The third-order valence-electron chi connectivity index (χ3n) is 3.16. The first-order valence-electron chi connectivity index (χ1n) is 6.31. The topological polar surface area (TPSA) is 61.5 Å². The zero-order chi connectivity index (χ0) is 12.1. The highest BCUT2D eigenvalue weighted by atomic mass is 16.2. The third kappa shape index (κ3) is 2.90. The Bertz CT molecular complexity index is 356. The van der Waals surface area contributed by atoms with Gasteiger partial charge in [0.05, 0.1) is 11.4 Å². The summed E-state index contributed by atoms with van der Waals surface area (Å²) in [6, 6.07) is 8.21. The number of fused-ring (bicyclic) bond motifs is 1. The standard InChI is InChI=1S/C13H21N3O/c14-13-15-11-7-3-4-8-12(11)16(13)9-5-1-2-6-10-17/h3-4,7-8,13,15,17H,1-2,5-6,9-10,14H2. The van der Waals surface area contributed by atoms with Crippen LogP contribution >= 0.6 is 0 Å². The Kier molecular flexibility index (Phi) is 4.23. The van der Waals surface area contributed by atoms with Gasteiger partial charge in [0.25, 0.3) is 0 Å². The van der Waals surface area contributed by atoms with Crippen molar-refractivity contribution < 1.29 is 5.11 Å². The van der Waals surface area contributed by atoms with Crippen LogP contribution in [0.2, 0.25) is 0 Å². The fourth-order valence-electron chi connectivity index (χ4n) is 2.24. The first-order valence-corrected chi connectivity index (χ1v) is 6.31. The van der Waals surface area contributed by atoms with E-state index in [9.17, 15) is 0 Å². The van der Waals surface area contributed by atoms with E-state index in [4.69, 9.17) is 10.8 Å². The number of anilines is 2. The minimum absolute atomic E-state index is 0.106. The number of aliphatic hydroxyl groups is 1. The molecule has 94 valence electrons. The molecule has 2 rings (SSSR count). The maximum Gasteiger partial charge on any atom is 0.153 e. The van der Waals surface area contributed by atoms with Crippen molar-refractivity contribution in [1.82, 2.24) is 0 Å². The van der Waals surface area contributed by atoms with Crippen LogP contribution in [0.5, 0.6) is 0 Å². The van der Waals surface area contributed by atoms with Gasteiger partial charge in [-0.25, -0.2) is 0 Å². The molecular formula is C13H21N3O. The molecular weight excluding hydrogens is 214 g/mol. The Hall–Kier alpha value is -1.26. The predicted molar refractivity (Wildman–Crippen MR) is 70.9 cm³/mol. The van der Waals surface area contributed by atoms with E-state index in [0.717, 1.165) is 37.9 Å². The predicted octanol–water partition coefficient (Wildman–Crippen LogP) is 1.71. The summed E-state index contributed by atoms with van der Waals surface area (Å²) in [4.78, 5) is 2.20. The zero-order valence-electron chi connectivity index (χ0n) is 10.1. The van der Waals surface area contributed by atoms with Gasteiger partial charge in [0.2, 0.25) is 0 Å². The molecule has 0 saturated heterocycles. The van der Waals surface area contributed by atoms with E-state index in [1.54, 1.807) is 0 Å². The zero-order valence-corrected chi connectivity index (χ0v) is 10.1. The minimum Gasteiger partial charge on any atom is -0.396 e. The van der Waals surface area contributed by atoms with Gasteiger partial charge in [0, 0.05) is 13.2 Å². The number of nitrogens with one attached hydrogen (secondary N) is 1. The molecule has 17 heavy (non-hydrogen) atoms. The number of para-hydroxylation sites is 2. The van der Waals surface area contributed by atoms with E-state index in [2.05, 4.69) is 22.3 Å². The van der Waals surface area contributed by atoms with Crippen LogP contribution in [0.15, 0.2) is 24.3 Å². The van der Waals surface area contributed by atoms with Crippen LogP contribution in [0.4, 0.5) is 11.4 Å². The van der Waals surface area contributed by atoms with E-state index in [1.807, 2.05) is 12.1 Å². The Morgan fingerprint density at radius 2 is 1.94 bits per heavy atom. The lowest BCUT2D eigenvalue weighted by molar-refractivity contribution is 0.282. The van der Waals surface area contributed by atoms with Gasteiger partial charge in [-0.15, -0.1) is 0 Å². The molecule has 4 heteroatoms. The lowest BCUT2D eigenvalue weighted by Crippen LogP contribution is -2.43. The van der Waals surface area contributed by atoms with E-state index >= 15 is 0 Å². The number of hydrogen-bond acceptors (Lipinski definition) is 4. The number of rotatable bonds is 6. The smallest absolute Gasteiger partial charge is 0.153 e. The fourth-order valence-corrected chi connectivity index (χ4v) is 2.24. The van der Waals surface area contributed by atoms with Crippen LogP contribution in [0.1, 0.15) is 25.7 Å². The summed E-state index contributed by atoms with van der Waals surface area (Å²) in [5.41, 5.74) is 8.36. The van der Waals surface area contributed by atoms with Gasteiger partial charge in [-0.05, 0) is 25.0 Å². The summed E-state index contributed by atoms with van der Waals surface area (Å²) in [5, 5.41) is 12.0. The number of nitrogens with zero attached hydrogens (tertiary/aromatic N) is 1. The average Bonchev–Trinajstić information content (AvgIpc) is 2.65. The maximum absolute atomic E-state index is 8.71. The highest BCUT2D eigenvalue weighted by Gasteiger charge is 2.24. The van der Waals surface area contributed by atoms with Crippen molar-refractivity contribution in [2.75, 3.05) is 23.4 Å². The van der Waals surface area contributed by atoms with E-state index in [0.29, 0.717) is 6.61 Å². The summed E-state index contributed by atoms with van der Waals surface area (Å²) >= 11 is 0. The van der Waals surface area contributed by atoms with Crippen molar-refractivity contribution in [1.29, 1.82) is 0 Å². The molecule has 0 aliphatic carbocycles. The highest BCUT2D eigenvalue weighted by molar-refractivity contribution is 5.75. The van der Waals surface area contributed by atoms with Gasteiger partial charge in [0.1, 0.15) is 0 Å². The number of nitrogens with two attached hydrogens (primary N) is 1. The molecule has 0 spiro atoms. The summed E-state index contributed by atoms with van der Waals surface area (Å²) in [6.45, 7) is 1.27. The monoisotopic (exact) mass is 235 g/mol. The molecule has 1 aromatic carbocycles. The van der Waals surface area contributed by atoms with Gasteiger partial charge in [0.15, 0.2) is 6.29 Å². The molecule has 4 N–H and O–H groups in total. The number of unbranched alkanes of at least 4 members (excludes halogenated alkanes) is 3. The van der Waals surface area contributed by atoms with Gasteiger partial charge in [-0.2, -0.15) is 0 Å². The average molecular weight is 235 g/mol. The van der Waals surface area contributed by atoms with E-state index < -0.39 is 0 Å². The lowest BCUT2D eigenvalue weighted by Gasteiger charge is -2.23. The fraction of sp³-hybridized carbons (Fsp3) is 0.538. The molecule has 0 aromatic heterocycles. The summed E-state index contributed by atoms with van der Waals surface area (Å²) in [5.74, 6) is 0.